The first-order valence-corrected chi connectivity index (χ1v) is 8.48. The maximum atomic E-state index is 12.1. The van der Waals surface area contributed by atoms with Gasteiger partial charge in [-0.1, -0.05) is 12.1 Å². The Morgan fingerprint density at radius 2 is 1.60 bits per heavy atom. The molecule has 2 aromatic rings. The molecule has 0 aromatic heterocycles. The Morgan fingerprint density at radius 3 is 2.24 bits per heavy atom. The van der Waals surface area contributed by atoms with Gasteiger partial charge in [-0.3, -0.25) is 4.79 Å². The fourth-order valence-electron chi connectivity index (χ4n) is 2.57. The number of anilines is 1. The Morgan fingerprint density at radius 1 is 0.960 bits per heavy atom. The molecule has 0 bridgehead atoms. The second-order valence-corrected chi connectivity index (χ2v) is 5.77. The van der Waals surface area contributed by atoms with Crippen LogP contribution < -0.4 is 14.8 Å². The Hall–Kier alpha value is -2.75. The highest BCUT2D eigenvalue weighted by molar-refractivity contribution is 6.02. The molecule has 1 amide bonds. The van der Waals surface area contributed by atoms with Gasteiger partial charge in [-0.25, -0.2) is 0 Å². The maximum absolute atomic E-state index is 12.1. The number of carbonyl (C=O) groups excluding carboxylic acids is 1. The van der Waals surface area contributed by atoms with Crippen LogP contribution in [0, 0.1) is 13.8 Å². The van der Waals surface area contributed by atoms with E-state index in [4.69, 9.17) is 9.47 Å². The number of aryl methyl sites for hydroxylation is 2. The average Bonchev–Trinajstić information content (AvgIpc) is 2.54. The third-order valence-corrected chi connectivity index (χ3v) is 3.48. The van der Waals surface area contributed by atoms with Gasteiger partial charge in [0.05, 0.1) is 13.2 Å². The average molecular weight is 339 g/mol. The minimum atomic E-state index is -0.170. The van der Waals surface area contributed by atoms with E-state index < -0.39 is 0 Å². The number of rotatable bonds is 7. The van der Waals surface area contributed by atoms with E-state index in [1.54, 1.807) is 6.08 Å². The van der Waals surface area contributed by atoms with Gasteiger partial charge in [0.1, 0.15) is 0 Å². The van der Waals surface area contributed by atoms with Crippen molar-refractivity contribution in [1.29, 1.82) is 0 Å². The van der Waals surface area contributed by atoms with Crippen molar-refractivity contribution in [3.63, 3.8) is 0 Å². The van der Waals surface area contributed by atoms with Crippen molar-refractivity contribution in [2.45, 2.75) is 27.7 Å². The molecule has 0 atom stereocenters. The highest BCUT2D eigenvalue weighted by Crippen LogP contribution is 2.29. The zero-order chi connectivity index (χ0) is 18.2. The van der Waals surface area contributed by atoms with Crippen LogP contribution in [0.4, 0.5) is 5.69 Å². The molecule has 0 saturated carbocycles. The Bertz CT molecular complexity index is 745. The molecular formula is C21H25NO3. The minimum Gasteiger partial charge on any atom is -0.490 e. The van der Waals surface area contributed by atoms with Gasteiger partial charge in [0, 0.05) is 11.8 Å². The lowest BCUT2D eigenvalue weighted by atomic mass is 10.1. The van der Waals surface area contributed by atoms with Crippen LogP contribution in [-0.2, 0) is 4.79 Å². The molecule has 0 fully saturated rings. The Labute approximate surface area is 149 Å². The molecule has 0 aliphatic carbocycles. The first kappa shape index (κ1) is 18.6. The van der Waals surface area contributed by atoms with Crippen LogP contribution in [0.5, 0.6) is 11.5 Å². The third kappa shape index (κ3) is 5.68. The highest BCUT2D eigenvalue weighted by Gasteiger charge is 2.05. The predicted molar refractivity (Wildman–Crippen MR) is 102 cm³/mol. The fourth-order valence-corrected chi connectivity index (χ4v) is 2.57. The van der Waals surface area contributed by atoms with Crippen LogP contribution in [-0.4, -0.2) is 19.1 Å². The molecule has 1 N–H and O–H groups in total. The standard InChI is InChI=1S/C21H25NO3/c1-5-24-19-9-7-17(14-20(19)25-6-2)8-10-21(23)22-18-12-15(3)11-16(4)13-18/h7-14H,5-6H2,1-4H3,(H,22,23)/b10-8+. The van der Waals surface area contributed by atoms with Crippen LogP contribution >= 0.6 is 0 Å². The van der Waals surface area contributed by atoms with E-state index in [1.165, 1.54) is 6.08 Å². The van der Waals surface area contributed by atoms with Crippen LogP contribution in [0.1, 0.15) is 30.5 Å². The molecule has 132 valence electrons. The lowest BCUT2D eigenvalue weighted by Gasteiger charge is -2.11. The maximum Gasteiger partial charge on any atom is 0.248 e. The van der Waals surface area contributed by atoms with Crippen LogP contribution in [0.15, 0.2) is 42.5 Å². The third-order valence-electron chi connectivity index (χ3n) is 3.48. The minimum absolute atomic E-state index is 0.170. The molecule has 0 unspecified atom stereocenters. The number of carbonyl (C=O) groups is 1. The predicted octanol–water partition coefficient (Wildman–Crippen LogP) is 4.75. The smallest absolute Gasteiger partial charge is 0.248 e. The summed E-state index contributed by atoms with van der Waals surface area (Å²) in [6, 6.07) is 11.6. The Balaban J connectivity index is 2.09. The summed E-state index contributed by atoms with van der Waals surface area (Å²) in [6.45, 7) is 9.01. The molecule has 0 heterocycles. The van der Waals surface area contributed by atoms with Gasteiger partial charge in [0.2, 0.25) is 5.91 Å². The molecule has 0 radical (unpaired) electrons. The molecule has 25 heavy (non-hydrogen) atoms. The summed E-state index contributed by atoms with van der Waals surface area (Å²) in [5, 5.41) is 2.88. The molecule has 2 rings (SSSR count). The summed E-state index contributed by atoms with van der Waals surface area (Å²) in [4.78, 5) is 12.1. The monoisotopic (exact) mass is 339 g/mol. The largest absolute Gasteiger partial charge is 0.490 e. The van der Waals surface area contributed by atoms with Crippen molar-refractivity contribution in [3.05, 3.63) is 59.2 Å². The van der Waals surface area contributed by atoms with Crippen LogP contribution in [0.25, 0.3) is 6.08 Å². The molecule has 4 heteroatoms. The van der Waals surface area contributed by atoms with Gasteiger partial charge in [0.15, 0.2) is 11.5 Å². The first-order chi connectivity index (χ1) is 12.0. The van der Waals surface area contributed by atoms with Crippen molar-refractivity contribution in [3.8, 4) is 11.5 Å². The normalized spacial score (nSPS) is 10.7. The van der Waals surface area contributed by atoms with E-state index in [1.807, 2.05) is 58.0 Å². The Kier molecular flexibility index (Phi) is 6.63. The van der Waals surface area contributed by atoms with Gasteiger partial charge in [0.25, 0.3) is 0 Å². The molecular weight excluding hydrogens is 314 g/mol. The first-order valence-electron chi connectivity index (χ1n) is 8.48. The summed E-state index contributed by atoms with van der Waals surface area (Å²) >= 11 is 0. The fraction of sp³-hybridized carbons (Fsp3) is 0.286. The number of nitrogens with one attached hydrogen (secondary N) is 1. The van der Waals surface area contributed by atoms with Crippen LogP contribution in [0.2, 0.25) is 0 Å². The van der Waals surface area contributed by atoms with Gasteiger partial charge < -0.3 is 14.8 Å². The number of hydrogen-bond donors (Lipinski definition) is 1. The zero-order valence-electron chi connectivity index (χ0n) is 15.3. The van der Waals surface area contributed by atoms with E-state index in [-0.39, 0.29) is 5.91 Å². The molecule has 0 aliphatic heterocycles. The lowest BCUT2D eigenvalue weighted by Crippen LogP contribution is -2.08. The number of benzene rings is 2. The van der Waals surface area contributed by atoms with Gasteiger partial charge in [-0.15, -0.1) is 0 Å². The van der Waals surface area contributed by atoms with E-state index in [2.05, 4.69) is 11.4 Å². The summed E-state index contributed by atoms with van der Waals surface area (Å²) < 4.78 is 11.1. The molecule has 4 nitrogen and oxygen atoms in total. The van der Waals surface area contributed by atoms with Gasteiger partial charge in [-0.05, 0) is 74.7 Å². The molecule has 0 aliphatic rings. The molecule has 0 spiro atoms. The van der Waals surface area contributed by atoms with E-state index in [0.29, 0.717) is 24.7 Å². The second-order valence-electron chi connectivity index (χ2n) is 5.77. The van der Waals surface area contributed by atoms with E-state index in [0.717, 1.165) is 22.4 Å². The van der Waals surface area contributed by atoms with Crippen molar-refractivity contribution >= 4 is 17.7 Å². The summed E-state index contributed by atoms with van der Waals surface area (Å²) in [7, 11) is 0. The van der Waals surface area contributed by atoms with Crippen molar-refractivity contribution in [1.82, 2.24) is 0 Å². The number of hydrogen-bond acceptors (Lipinski definition) is 3. The summed E-state index contributed by atoms with van der Waals surface area (Å²) in [6.07, 6.45) is 3.28. The second kappa shape index (κ2) is 8.92. The number of ether oxygens (including phenoxy) is 2. The zero-order valence-corrected chi connectivity index (χ0v) is 15.3. The topological polar surface area (TPSA) is 47.6 Å². The van der Waals surface area contributed by atoms with Gasteiger partial charge in [-0.2, -0.15) is 0 Å². The SMILES string of the molecule is CCOc1ccc(/C=C/C(=O)Nc2cc(C)cc(C)c2)cc1OCC. The van der Waals surface area contributed by atoms with Crippen LogP contribution in [0.3, 0.4) is 0 Å². The quantitative estimate of drug-likeness (QED) is 0.740. The van der Waals surface area contributed by atoms with Crippen molar-refractivity contribution < 1.29 is 14.3 Å². The number of amides is 1. The van der Waals surface area contributed by atoms with E-state index in [9.17, 15) is 4.79 Å². The lowest BCUT2D eigenvalue weighted by molar-refractivity contribution is -0.111. The van der Waals surface area contributed by atoms with Gasteiger partial charge >= 0.3 is 0 Å². The molecule has 0 saturated heterocycles. The van der Waals surface area contributed by atoms with E-state index >= 15 is 0 Å². The van der Waals surface area contributed by atoms with Crippen molar-refractivity contribution in [2.75, 3.05) is 18.5 Å². The summed E-state index contributed by atoms with van der Waals surface area (Å²) in [5.41, 5.74) is 3.91. The summed E-state index contributed by atoms with van der Waals surface area (Å²) in [5.74, 6) is 1.22. The molecule has 2 aromatic carbocycles. The van der Waals surface area contributed by atoms with Crippen molar-refractivity contribution in [2.24, 2.45) is 0 Å². The highest BCUT2D eigenvalue weighted by atomic mass is 16.5.